The number of fused-ring (bicyclic) bond motifs is 10. The van der Waals surface area contributed by atoms with Gasteiger partial charge in [0.05, 0.1) is 22.5 Å². The van der Waals surface area contributed by atoms with E-state index in [1.807, 2.05) is 0 Å². The Morgan fingerprint density at radius 2 is 0.927 bits per heavy atom. The van der Waals surface area contributed by atoms with Crippen molar-refractivity contribution in [1.82, 2.24) is 0 Å². The highest BCUT2D eigenvalue weighted by atomic mass is 16.5. The molecule has 2 aliphatic rings. The number of hydrogen-bond donors (Lipinski definition) is 0. The predicted molar refractivity (Wildman–Crippen MR) is 227 cm³/mol. The molecule has 11 rings (SSSR count). The molecule has 1 atom stereocenters. The molecule has 9 aromatic carbocycles. The van der Waals surface area contributed by atoms with Crippen molar-refractivity contribution in [2.24, 2.45) is 0 Å². The Balaban J connectivity index is 1.28. The van der Waals surface area contributed by atoms with Gasteiger partial charge in [-0.05, 0) is 69.1 Å². The van der Waals surface area contributed by atoms with Crippen LogP contribution in [0.4, 0.5) is 17.1 Å². The van der Waals surface area contributed by atoms with Gasteiger partial charge in [-0.2, -0.15) is 0 Å². The van der Waals surface area contributed by atoms with Crippen molar-refractivity contribution in [1.29, 1.82) is 0 Å². The zero-order valence-electron chi connectivity index (χ0n) is 30.1. The molecule has 1 aliphatic carbocycles. The fourth-order valence-electron chi connectivity index (χ4n) is 9.26. The van der Waals surface area contributed by atoms with E-state index in [1.165, 1.54) is 44.2 Å². The van der Waals surface area contributed by atoms with Crippen molar-refractivity contribution in [3.63, 3.8) is 0 Å². The molecule has 258 valence electrons. The van der Waals surface area contributed by atoms with Crippen LogP contribution in [0.2, 0.25) is 0 Å². The van der Waals surface area contributed by atoms with Crippen LogP contribution in [-0.4, -0.2) is 0 Å². The predicted octanol–water partition coefficient (Wildman–Crippen LogP) is 14.1. The maximum absolute atomic E-state index is 6.95. The van der Waals surface area contributed by atoms with Crippen molar-refractivity contribution in [2.45, 2.75) is 5.41 Å². The van der Waals surface area contributed by atoms with Crippen LogP contribution in [-0.2, 0) is 5.41 Å². The molecule has 1 spiro atoms. The molecule has 0 aromatic heterocycles. The normalized spacial score (nSPS) is 14.8. The molecule has 0 saturated heterocycles. The average molecular weight is 702 g/mol. The summed E-state index contributed by atoms with van der Waals surface area (Å²) in [7, 11) is 0. The number of anilines is 3. The first-order chi connectivity index (χ1) is 27.3. The molecule has 0 radical (unpaired) electrons. The van der Waals surface area contributed by atoms with Crippen molar-refractivity contribution < 1.29 is 4.74 Å². The van der Waals surface area contributed by atoms with E-state index in [0.29, 0.717) is 0 Å². The van der Waals surface area contributed by atoms with Crippen LogP contribution in [0.1, 0.15) is 22.3 Å². The van der Waals surface area contributed by atoms with Gasteiger partial charge in [-0.3, -0.25) is 0 Å². The van der Waals surface area contributed by atoms with Gasteiger partial charge in [0.15, 0.2) is 0 Å². The number of para-hydroxylation sites is 2. The third kappa shape index (κ3) is 4.68. The zero-order valence-corrected chi connectivity index (χ0v) is 30.1. The topological polar surface area (TPSA) is 12.5 Å². The van der Waals surface area contributed by atoms with E-state index in [1.54, 1.807) is 0 Å². The molecule has 0 fully saturated rings. The summed E-state index contributed by atoms with van der Waals surface area (Å²) in [6.45, 7) is 0. The Bertz CT molecular complexity index is 2910. The van der Waals surface area contributed by atoms with Gasteiger partial charge in [-0.25, -0.2) is 0 Å². The molecule has 1 heterocycles. The second kappa shape index (κ2) is 12.5. The van der Waals surface area contributed by atoms with E-state index >= 15 is 0 Å². The quantitative estimate of drug-likeness (QED) is 0.177. The molecule has 0 bridgehead atoms. The second-order valence-corrected chi connectivity index (χ2v) is 14.4. The molecular weight excluding hydrogens is 667 g/mol. The van der Waals surface area contributed by atoms with Crippen LogP contribution in [0.3, 0.4) is 0 Å². The highest BCUT2D eigenvalue weighted by Gasteiger charge is 2.53. The third-order valence-corrected chi connectivity index (χ3v) is 11.5. The molecule has 0 saturated carbocycles. The number of hydrogen-bond acceptors (Lipinski definition) is 2. The second-order valence-electron chi connectivity index (χ2n) is 14.4. The third-order valence-electron chi connectivity index (χ3n) is 11.5. The number of benzene rings is 9. The van der Waals surface area contributed by atoms with E-state index in [-0.39, 0.29) is 0 Å². The Labute approximate surface area is 321 Å². The SMILES string of the molecule is c1ccc(-c2ccc3c(c2)Oc2ccccc2C32c3ccccc3-c3cccc(N(c4ccccc4-c4ccccc4)c4cccc5ccccc45)c32)cc1. The van der Waals surface area contributed by atoms with Gasteiger partial charge in [-0.15, -0.1) is 0 Å². The van der Waals surface area contributed by atoms with Crippen molar-refractivity contribution in [2.75, 3.05) is 4.90 Å². The Morgan fingerprint density at radius 1 is 0.345 bits per heavy atom. The van der Waals surface area contributed by atoms with Crippen LogP contribution >= 0.6 is 0 Å². The van der Waals surface area contributed by atoms with Crippen molar-refractivity contribution >= 4 is 27.8 Å². The van der Waals surface area contributed by atoms with Crippen LogP contribution in [0.25, 0.3) is 44.2 Å². The lowest BCUT2D eigenvalue weighted by atomic mass is 9.65. The van der Waals surface area contributed by atoms with Gasteiger partial charge in [0.2, 0.25) is 0 Å². The molecule has 2 heteroatoms. The van der Waals surface area contributed by atoms with E-state index < -0.39 is 5.41 Å². The van der Waals surface area contributed by atoms with Gasteiger partial charge in [0, 0.05) is 27.6 Å². The summed E-state index contributed by atoms with van der Waals surface area (Å²) in [6, 6.07) is 76.9. The summed E-state index contributed by atoms with van der Waals surface area (Å²) in [5, 5.41) is 2.39. The average Bonchev–Trinajstić information content (AvgIpc) is 3.56. The fraction of sp³-hybridized carbons (Fsp3) is 0.0189. The van der Waals surface area contributed by atoms with Gasteiger partial charge in [0.1, 0.15) is 11.5 Å². The molecule has 0 N–H and O–H groups in total. The van der Waals surface area contributed by atoms with E-state index in [0.717, 1.165) is 50.8 Å². The summed E-state index contributed by atoms with van der Waals surface area (Å²) in [4.78, 5) is 2.52. The van der Waals surface area contributed by atoms with Crippen molar-refractivity contribution in [3.05, 3.63) is 235 Å². The first-order valence-corrected chi connectivity index (χ1v) is 18.9. The van der Waals surface area contributed by atoms with Crippen LogP contribution in [0.15, 0.2) is 212 Å². The highest BCUT2D eigenvalue weighted by molar-refractivity contribution is 6.04. The minimum Gasteiger partial charge on any atom is -0.457 e. The Morgan fingerprint density at radius 3 is 1.78 bits per heavy atom. The Kier molecular flexibility index (Phi) is 7.11. The first-order valence-electron chi connectivity index (χ1n) is 18.9. The lowest BCUT2D eigenvalue weighted by Crippen LogP contribution is -2.33. The molecular formula is C53H35NO. The van der Waals surface area contributed by atoms with E-state index in [4.69, 9.17) is 4.74 Å². The maximum atomic E-state index is 6.95. The lowest BCUT2D eigenvalue weighted by Gasteiger charge is -2.42. The number of rotatable bonds is 5. The van der Waals surface area contributed by atoms with E-state index in [9.17, 15) is 0 Å². The summed E-state index contributed by atoms with van der Waals surface area (Å²) >= 11 is 0. The molecule has 1 unspecified atom stereocenters. The van der Waals surface area contributed by atoms with Crippen LogP contribution in [0, 0.1) is 0 Å². The number of nitrogens with zero attached hydrogens (tertiary/aromatic N) is 1. The smallest absolute Gasteiger partial charge is 0.132 e. The minimum atomic E-state index is -0.674. The molecule has 1 aliphatic heterocycles. The molecule has 2 nitrogen and oxygen atoms in total. The molecule has 9 aromatic rings. The largest absolute Gasteiger partial charge is 0.457 e. The summed E-state index contributed by atoms with van der Waals surface area (Å²) in [5.74, 6) is 1.75. The highest BCUT2D eigenvalue weighted by Crippen LogP contribution is 2.65. The standard InChI is InChI=1S/C53H35NO/c1-3-17-36(18-4-1)39-33-34-46-51(35-39)55-50-32-14-12-28-45(50)53(46)44-27-11-9-25-42(44)43-26-16-31-49(52(43)53)54(48-30-15-22-38-21-7-8-23-41(38)48)47-29-13-10-24-40(47)37-19-5-2-6-20-37/h1-35H. The summed E-state index contributed by atoms with van der Waals surface area (Å²) in [6.07, 6.45) is 0. The Hall–Kier alpha value is -7.16. The summed E-state index contributed by atoms with van der Waals surface area (Å²) in [5.41, 5.74) is 14.6. The molecule has 55 heavy (non-hydrogen) atoms. The maximum Gasteiger partial charge on any atom is 0.132 e. The van der Waals surface area contributed by atoms with Gasteiger partial charge in [0.25, 0.3) is 0 Å². The van der Waals surface area contributed by atoms with Gasteiger partial charge in [-0.1, -0.05) is 182 Å². The van der Waals surface area contributed by atoms with E-state index in [2.05, 4.69) is 217 Å². The molecule has 0 amide bonds. The number of ether oxygens (including phenoxy) is 1. The fourth-order valence-corrected chi connectivity index (χ4v) is 9.26. The minimum absolute atomic E-state index is 0.674. The van der Waals surface area contributed by atoms with Gasteiger partial charge < -0.3 is 9.64 Å². The lowest BCUT2D eigenvalue weighted by molar-refractivity contribution is 0.436. The van der Waals surface area contributed by atoms with Crippen LogP contribution < -0.4 is 9.64 Å². The zero-order chi connectivity index (χ0) is 36.3. The van der Waals surface area contributed by atoms with Crippen LogP contribution in [0.5, 0.6) is 11.5 Å². The summed E-state index contributed by atoms with van der Waals surface area (Å²) < 4.78 is 6.95. The van der Waals surface area contributed by atoms with Crippen molar-refractivity contribution in [3.8, 4) is 44.9 Å². The van der Waals surface area contributed by atoms with Gasteiger partial charge >= 0.3 is 0 Å². The monoisotopic (exact) mass is 701 g/mol. The first kappa shape index (κ1) is 31.4.